The number of ether oxygens (including phenoxy) is 1. The molecule has 0 aliphatic rings. The molecule has 0 saturated carbocycles. The second-order valence-corrected chi connectivity index (χ2v) is 4.74. The number of aryl methyl sites for hydroxylation is 1. The van der Waals surface area contributed by atoms with Gasteiger partial charge in [-0.05, 0) is 44.7 Å². The van der Waals surface area contributed by atoms with Crippen LogP contribution in [0.4, 0.5) is 0 Å². The van der Waals surface area contributed by atoms with Crippen molar-refractivity contribution in [3.05, 3.63) is 35.2 Å². The van der Waals surface area contributed by atoms with Gasteiger partial charge in [-0.3, -0.25) is 0 Å². The minimum atomic E-state index is 0.787. The molecule has 0 aliphatic carbocycles. The number of methoxy groups -OCH3 is 1. The van der Waals surface area contributed by atoms with Crippen molar-refractivity contribution in [2.45, 2.75) is 20.4 Å². The Balaban J connectivity index is 2.47. The van der Waals surface area contributed by atoms with Crippen molar-refractivity contribution in [3.63, 3.8) is 0 Å². The first-order valence-corrected chi connectivity index (χ1v) is 6.40. The minimum Gasteiger partial charge on any atom is -0.496 e. The van der Waals surface area contributed by atoms with E-state index in [0.717, 1.165) is 34.9 Å². The average Bonchev–Trinajstić information content (AvgIpc) is 2.67. The van der Waals surface area contributed by atoms with E-state index in [-0.39, 0.29) is 0 Å². The standard InChI is InChI=1S/C15H21N3O/c1-10-8-12(6-7-14(10)19-5)15-17-13(9-16-3)11(2)18(15)4/h6-8,16H,9H2,1-5H3. The third kappa shape index (κ3) is 2.49. The number of imidazole rings is 1. The predicted molar refractivity (Wildman–Crippen MR) is 77.4 cm³/mol. The molecule has 4 heteroatoms. The zero-order valence-electron chi connectivity index (χ0n) is 12.2. The first kappa shape index (κ1) is 13.6. The smallest absolute Gasteiger partial charge is 0.140 e. The molecule has 0 amide bonds. The summed E-state index contributed by atoms with van der Waals surface area (Å²) in [6.45, 7) is 4.93. The highest BCUT2D eigenvalue weighted by Gasteiger charge is 2.13. The summed E-state index contributed by atoms with van der Waals surface area (Å²) in [6.07, 6.45) is 0. The topological polar surface area (TPSA) is 39.1 Å². The van der Waals surface area contributed by atoms with Crippen LogP contribution in [0.5, 0.6) is 5.75 Å². The number of aromatic nitrogens is 2. The van der Waals surface area contributed by atoms with Gasteiger partial charge in [0.25, 0.3) is 0 Å². The molecule has 0 aliphatic heterocycles. The molecule has 0 spiro atoms. The van der Waals surface area contributed by atoms with Crippen LogP contribution in [0.25, 0.3) is 11.4 Å². The fourth-order valence-corrected chi connectivity index (χ4v) is 2.25. The summed E-state index contributed by atoms with van der Waals surface area (Å²) in [7, 11) is 5.68. The Morgan fingerprint density at radius 2 is 2.05 bits per heavy atom. The minimum absolute atomic E-state index is 0.787. The highest BCUT2D eigenvalue weighted by Crippen LogP contribution is 2.26. The second kappa shape index (κ2) is 5.45. The van der Waals surface area contributed by atoms with E-state index < -0.39 is 0 Å². The lowest BCUT2D eigenvalue weighted by molar-refractivity contribution is 0.412. The van der Waals surface area contributed by atoms with Crippen LogP contribution in [0.15, 0.2) is 18.2 Å². The predicted octanol–water partition coefficient (Wildman–Crippen LogP) is 2.43. The van der Waals surface area contributed by atoms with Crippen molar-refractivity contribution < 1.29 is 4.74 Å². The third-order valence-electron chi connectivity index (χ3n) is 3.48. The normalized spacial score (nSPS) is 10.8. The van der Waals surface area contributed by atoms with Gasteiger partial charge in [0.15, 0.2) is 0 Å². The highest BCUT2D eigenvalue weighted by atomic mass is 16.5. The van der Waals surface area contributed by atoms with Crippen LogP contribution < -0.4 is 10.1 Å². The molecule has 2 aromatic rings. The van der Waals surface area contributed by atoms with Crippen LogP contribution in [0.2, 0.25) is 0 Å². The van der Waals surface area contributed by atoms with E-state index in [1.807, 2.05) is 20.0 Å². The molecular weight excluding hydrogens is 238 g/mol. The van der Waals surface area contributed by atoms with Crippen molar-refractivity contribution >= 4 is 0 Å². The summed E-state index contributed by atoms with van der Waals surface area (Å²) < 4.78 is 7.43. The highest BCUT2D eigenvalue weighted by molar-refractivity contribution is 5.60. The van der Waals surface area contributed by atoms with E-state index in [1.54, 1.807) is 7.11 Å². The van der Waals surface area contributed by atoms with E-state index >= 15 is 0 Å². The molecule has 102 valence electrons. The van der Waals surface area contributed by atoms with Gasteiger partial charge >= 0.3 is 0 Å². The lowest BCUT2D eigenvalue weighted by Gasteiger charge is -2.07. The number of hydrogen-bond acceptors (Lipinski definition) is 3. The zero-order valence-corrected chi connectivity index (χ0v) is 12.2. The molecule has 0 radical (unpaired) electrons. The number of hydrogen-bond donors (Lipinski definition) is 1. The van der Waals surface area contributed by atoms with Gasteiger partial charge in [0.2, 0.25) is 0 Å². The summed E-state index contributed by atoms with van der Waals surface area (Å²) in [6, 6.07) is 6.16. The van der Waals surface area contributed by atoms with Crippen molar-refractivity contribution in [1.82, 2.24) is 14.9 Å². The summed E-state index contributed by atoms with van der Waals surface area (Å²) in [5.41, 5.74) is 4.52. The van der Waals surface area contributed by atoms with Gasteiger partial charge in [-0.15, -0.1) is 0 Å². The van der Waals surface area contributed by atoms with E-state index in [2.05, 4.69) is 36.0 Å². The summed E-state index contributed by atoms with van der Waals surface area (Å²) in [5.74, 6) is 1.90. The molecule has 2 rings (SSSR count). The maximum Gasteiger partial charge on any atom is 0.140 e. The number of nitrogens with one attached hydrogen (secondary N) is 1. The van der Waals surface area contributed by atoms with Gasteiger partial charge in [0.1, 0.15) is 11.6 Å². The summed E-state index contributed by atoms with van der Waals surface area (Å²) in [5, 5.41) is 3.15. The Labute approximate surface area is 114 Å². The molecule has 1 aromatic heterocycles. The SMILES string of the molecule is CNCc1nc(-c2ccc(OC)c(C)c2)n(C)c1C. The lowest BCUT2D eigenvalue weighted by Crippen LogP contribution is -2.07. The summed E-state index contributed by atoms with van der Waals surface area (Å²) in [4.78, 5) is 4.73. The largest absolute Gasteiger partial charge is 0.496 e. The fraction of sp³-hybridized carbons (Fsp3) is 0.400. The van der Waals surface area contributed by atoms with Crippen molar-refractivity contribution in [2.75, 3.05) is 14.2 Å². The van der Waals surface area contributed by atoms with Crippen molar-refractivity contribution in [1.29, 1.82) is 0 Å². The van der Waals surface area contributed by atoms with Gasteiger partial charge in [-0.1, -0.05) is 0 Å². The Bertz CT molecular complexity index is 587. The van der Waals surface area contributed by atoms with Gasteiger partial charge in [-0.2, -0.15) is 0 Å². The monoisotopic (exact) mass is 259 g/mol. The molecule has 1 N–H and O–H groups in total. The van der Waals surface area contributed by atoms with Gasteiger partial charge in [-0.25, -0.2) is 4.98 Å². The Hall–Kier alpha value is -1.81. The van der Waals surface area contributed by atoms with Gasteiger partial charge in [0, 0.05) is 24.8 Å². The molecule has 0 fully saturated rings. The fourth-order valence-electron chi connectivity index (χ4n) is 2.25. The van der Waals surface area contributed by atoms with Crippen LogP contribution in [0, 0.1) is 13.8 Å². The molecule has 0 saturated heterocycles. The molecule has 0 bridgehead atoms. The molecular formula is C15H21N3O. The van der Waals surface area contributed by atoms with Gasteiger partial charge < -0.3 is 14.6 Å². The van der Waals surface area contributed by atoms with E-state index in [1.165, 1.54) is 5.69 Å². The molecule has 0 unspecified atom stereocenters. The zero-order chi connectivity index (χ0) is 14.0. The van der Waals surface area contributed by atoms with Crippen molar-refractivity contribution in [3.8, 4) is 17.1 Å². The molecule has 0 atom stereocenters. The maximum absolute atomic E-state index is 5.30. The van der Waals surface area contributed by atoms with Crippen LogP contribution in [0.1, 0.15) is 17.0 Å². The van der Waals surface area contributed by atoms with Crippen LogP contribution in [-0.4, -0.2) is 23.7 Å². The van der Waals surface area contributed by atoms with Gasteiger partial charge in [0.05, 0.1) is 12.8 Å². The van der Waals surface area contributed by atoms with Crippen LogP contribution >= 0.6 is 0 Å². The lowest BCUT2D eigenvalue weighted by atomic mass is 10.1. The molecule has 1 aromatic carbocycles. The van der Waals surface area contributed by atoms with E-state index in [0.29, 0.717) is 0 Å². The third-order valence-corrected chi connectivity index (χ3v) is 3.48. The number of nitrogens with zero attached hydrogens (tertiary/aromatic N) is 2. The maximum atomic E-state index is 5.30. The second-order valence-electron chi connectivity index (χ2n) is 4.74. The first-order valence-electron chi connectivity index (χ1n) is 6.40. The number of benzene rings is 1. The quantitative estimate of drug-likeness (QED) is 0.916. The molecule has 1 heterocycles. The van der Waals surface area contributed by atoms with E-state index in [4.69, 9.17) is 9.72 Å². The first-order chi connectivity index (χ1) is 9.08. The number of rotatable bonds is 4. The average molecular weight is 259 g/mol. The molecule has 4 nitrogen and oxygen atoms in total. The van der Waals surface area contributed by atoms with Crippen LogP contribution in [-0.2, 0) is 13.6 Å². The van der Waals surface area contributed by atoms with E-state index in [9.17, 15) is 0 Å². The Morgan fingerprint density at radius 1 is 1.32 bits per heavy atom. The van der Waals surface area contributed by atoms with Crippen molar-refractivity contribution in [2.24, 2.45) is 7.05 Å². The summed E-state index contributed by atoms with van der Waals surface area (Å²) >= 11 is 0. The molecule has 19 heavy (non-hydrogen) atoms. The Morgan fingerprint density at radius 3 is 2.63 bits per heavy atom. The Kier molecular flexibility index (Phi) is 3.90. The van der Waals surface area contributed by atoms with Crippen LogP contribution in [0.3, 0.4) is 0 Å².